The first-order valence-electron chi connectivity index (χ1n) is 6.82. The van der Waals surface area contributed by atoms with Crippen LogP contribution >= 0.6 is 22.9 Å². The van der Waals surface area contributed by atoms with E-state index in [1.54, 1.807) is 35.6 Å². The SMILES string of the molecule is CCc1nc(COC(=O)c2ccc3nc(Cl)ccc3c2)cs1. The van der Waals surface area contributed by atoms with Crippen LogP contribution in [0.15, 0.2) is 35.7 Å². The van der Waals surface area contributed by atoms with Crippen molar-refractivity contribution in [3.05, 3.63) is 57.1 Å². The van der Waals surface area contributed by atoms with Crippen LogP contribution in [-0.2, 0) is 17.8 Å². The van der Waals surface area contributed by atoms with Gasteiger partial charge in [-0.2, -0.15) is 0 Å². The van der Waals surface area contributed by atoms with Crippen molar-refractivity contribution >= 4 is 39.8 Å². The van der Waals surface area contributed by atoms with Crippen LogP contribution in [0.4, 0.5) is 0 Å². The van der Waals surface area contributed by atoms with E-state index in [0.717, 1.165) is 28.0 Å². The Balaban J connectivity index is 1.72. The lowest BCUT2D eigenvalue weighted by molar-refractivity contribution is 0.0468. The van der Waals surface area contributed by atoms with Gasteiger partial charge < -0.3 is 4.74 Å². The van der Waals surface area contributed by atoms with Gasteiger partial charge in [0.15, 0.2) is 0 Å². The van der Waals surface area contributed by atoms with Gasteiger partial charge in [-0.3, -0.25) is 0 Å². The maximum atomic E-state index is 12.1. The van der Waals surface area contributed by atoms with Crippen LogP contribution in [0.1, 0.15) is 28.0 Å². The van der Waals surface area contributed by atoms with Gasteiger partial charge in [0.2, 0.25) is 0 Å². The molecular formula is C16H13ClN2O2S. The molecule has 0 aliphatic heterocycles. The van der Waals surface area contributed by atoms with Crippen molar-refractivity contribution < 1.29 is 9.53 Å². The largest absolute Gasteiger partial charge is 0.456 e. The van der Waals surface area contributed by atoms with E-state index in [2.05, 4.69) is 9.97 Å². The third-order valence-electron chi connectivity index (χ3n) is 3.14. The van der Waals surface area contributed by atoms with Crippen LogP contribution in [0.3, 0.4) is 0 Å². The van der Waals surface area contributed by atoms with Gasteiger partial charge in [0, 0.05) is 10.8 Å². The lowest BCUT2D eigenvalue weighted by Gasteiger charge is -2.04. The van der Waals surface area contributed by atoms with E-state index in [-0.39, 0.29) is 12.6 Å². The third-order valence-corrected chi connectivity index (χ3v) is 4.40. The Labute approximate surface area is 136 Å². The molecule has 0 atom stereocenters. The number of ether oxygens (including phenoxy) is 1. The molecule has 0 spiro atoms. The summed E-state index contributed by atoms with van der Waals surface area (Å²) in [5, 5.41) is 4.23. The zero-order valence-corrected chi connectivity index (χ0v) is 13.4. The molecule has 2 heterocycles. The van der Waals surface area contributed by atoms with E-state index in [9.17, 15) is 4.79 Å². The second kappa shape index (κ2) is 6.42. The highest BCUT2D eigenvalue weighted by Crippen LogP contribution is 2.18. The number of carbonyl (C=O) groups excluding carboxylic acids is 1. The fourth-order valence-corrected chi connectivity index (χ4v) is 2.91. The van der Waals surface area contributed by atoms with E-state index >= 15 is 0 Å². The van der Waals surface area contributed by atoms with Crippen molar-refractivity contribution in [1.29, 1.82) is 0 Å². The number of aryl methyl sites for hydroxylation is 1. The van der Waals surface area contributed by atoms with E-state index in [1.807, 2.05) is 18.4 Å². The molecule has 0 fully saturated rings. The van der Waals surface area contributed by atoms with Crippen LogP contribution in [0, 0.1) is 0 Å². The summed E-state index contributed by atoms with van der Waals surface area (Å²) in [5.74, 6) is -0.372. The number of carbonyl (C=O) groups is 1. The fraction of sp³-hybridized carbons (Fsp3) is 0.188. The second-order valence-electron chi connectivity index (χ2n) is 4.70. The molecule has 22 heavy (non-hydrogen) atoms. The van der Waals surface area contributed by atoms with Gasteiger partial charge in [-0.15, -0.1) is 11.3 Å². The molecule has 0 saturated heterocycles. The highest BCUT2D eigenvalue weighted by atomic mass is 35.5. The lowest BCUT2D eigenvalue weighted by Crippen LogP contribution is -2.05. The monoisotopic (exact) mass is 332 g/mol. The summed E-state index contributed by atoms with van der Waals surface area (Å²) in [4.78, 5) is 20.7. The topological polar surface area (TPSA) is 52.1 Å². The van der Waals surface area contributed by atoms with Crippen LogP contribution in [0.5, 0.6) is 0 Å². The number of pyridine rings is 1. The normalized spacial score (nSPS) is 10.8. The summed E-state index contributed by atoms with van der Waals surface area (Å²) in [6, 6.07) is 8.72. The molecule has 0 unspecified atom stereocenters. The Bertz CT molecular complexity index is 832. The average molecular weight is 333 g/mol. The first-order valence-corrected chi connectivity index (χ1v) is 8.08. The van der Waals surface area contributed by atoms with Crippen LogP contribution < -0.4 is 0 Å². The molecule has 112 valence electrons. The molecule has 3 rings (SSSR count). The minimum atomic E-state index is -0.372. The fourth-order valence-electron chi connectivity index (χ4n) is 2.03. The Morgan fingerprint density at radius 3 is 2.91 bits per heavy atom. The molecule has 0 N–H and O–H groups in total. The van der Waals surface area contributed by atoms with E-state index in [1.165, 1.54) is 0 Å². The standard InChI is InChI=1S/C16H13ClN2O2S/c1-2-15-18-12(9-22-15)8-21-16(20)11-3-5-13-10(7-11)4-6-14(17)19-13/h3-7,9H,2,8H2,1H3. The van der Waals surface area contributed by atoms with Crippen LogP contribution in [-0.4, -0.2) is 15.9 Å². The molecule has 0 radical (unpaired) electrons. The molecule has 1 aromatic carbocycles. The van der Waals surface area contributed by atoms with Crippen LogP contribution in [0.2, 0.25) is 5.15 Å². The molecule has 0 aliphatic rings. The van der Waals surface area contributed by atoms with Crippen molar-refractivity contribution in [2.24, 2.45) is 0 Å². The Kier molecular flexibility index (Phi) is 4.36. The van der Waals surface area contributed by atoms with E-state index in [4.69, 9.17) is 16.3 Å². The number of nitrogens with zero attached hydrogens (tertiary/aromatic N) is 2. The number of hydrogen-bond donors (Lipinski definition) is 0. The molecule has 6 heteroatoms. The summed E-state index contributed by atoms with van der Waals surface area (Å²) >= 11 is 7.42. The summed E-state index contributed by atoms with van der Waals surface area (Å²) < 4.78 is 5.30. The van der Waals surface area contributed by atoms with Crippen molar-refractivity contribution in [2.75, 3.05) is 0 Å². The molecule has 0 amide bonds. The number of thiazole rings is 1. The average Bonchev–Trinajstić information content (AvgIpc) is 3.00. The summed E-state index contributed by atoms with van der Waals surface area (Å²) in [6.45, 7) is 2.23. The molecule has 0 bridgehead atoms. The second-order valence-corrected chi connectivity index (χ2v) is 6.03. The van der Waals surface area contributed by atoms with Crippen molar-refractivity contribution in [3.63, 3.8) is 0 Å². The molecular weight excluding hydrogens is 320 g/mol. The van der Waals surface area contributed by atoms with Crippen molar-refractivity contribution in [2.45, 2.75) is 20.0 Å². The summed E-state index contributed by atoms with van der Waals surface area (Å²) in [6.07, 6.45) is 0.888. The number of rotatable bonds is 4. The van der Waals surface area contributed by atoms with Gasteiger partial charge in [-0.1, -0.05) is 18.5 Å². The van der Waals surface area contributed by atoms with Gasteiger partial charge in [-0.05, 0) is 36.8 Å². The Hall–Kier alpha value is -1.98. The van der Waals surface area contributed by atoms with Crippen molar-refractivity contribution in [1.82, 2.24) is 9.97 Å². The van der Waals surface area contributed by atoms with Gasteiger partial charge in [0.25, 0.3) is 0 Å². The first-order chi connectivity index (χ1) is 10.7. The number of halogens is 1. The molecule has 3 aromatic rings. The number of fused-ring (bicyclic) bond motifs is 1. The zero-order chi connectivity index (χ0) is 15.5. The molecule has 4 nitrogen and oxygen atoms in total. The number of benzene rings is 1. The number of hydrogen-bond acceptors (Lipinski definition) is 5. The Morgan fingerprint density at radius 2 is 2.14 bits per heavy atom. The van der Waals surface area contributed by atoms with Gasteiger partial charge in [-0.25, -0.2) is 14.8 Å². The van der Waals surface area contributed by atoms with Gasteiger partial charge >= 0.3 is 5.97 Å². The summed E-state index contributed by atoms with van der Waals surface area (Å²) in [5.41, 5.74) is 2.02. The minimum absolute atomic E-state index is 0.187. The summed E-state index contributed by atoms with van der Waals surface area (Å²) in [7, 11) is 0. The van der Waals surface area contributed by atoms with Gasteiger partial charge in [0.1, 0.15) is 11.8 Å². The predicted molar refractivity (Wildman–Crippen MR) is 87.4 cm³/mol. The number of esters is 1. The Morgan fingerprint density at radius 1 is 1.27 bits per heavy atom. The van der Waals surface area contributed by atoms with E-state index < -0.39 is 0 Å². The molecule has 2 aromatic heterocycles. The van der Waals surface area contributed by atoms with Gasteiger partial charge in [0.05, 0.1) is 21.8 Å². The molecule has 0 aliphatic carbocycles. The predicted octanol–water partition coefficient (Wildman–Crippen LogP) is 4.26. The maximum Gasteiger partial charge on any atom is 0.338 e. The quantitative estimate of drug-likeness (QED) is 0.529. The van der Waals surface area contributed by atoms with Crippen molar-refractivity contribution in [3.8, 4) is 0 Å². The highest BCUT2D eigenvalue weighted by molar-refractivity contribution is 7.09. The minimum Gasteiger partial charge on any atom is -0.456 e. The number of aromatic nitrogens is 2. The van der Waals surface area contributed by atoms with E-state index in [0.29, 0.717) is 10.7 Å². The first kappa shape index (κ1) is 14.9. The zero-order valence-electron chi connectivity index (χ0n) is 11.9. The highest BCUT2D eigenvalue weighted by Gasteiger charge is 2.10. The smallest absolute Gasteiger partial charge is 0.338 e. The van der Waals surface area contributed by atoms with Crippen LogP contribution in [0.25, 0.3) is 10.9 Å². The third kappa shape index (κ3) is 3.26. The molecule has 0 saturated carbocycles. The lowest BCUT2D eigenvalue weighted by atomic mass is 10.1. The maximum absolute atomic E-state index is 12.1.